The van der Waals surface area contributed by atoms with E-state index >= 15 is 0 Å². The molecule has 0 spiro atoms. The highest BCUT2D eigenvalue weighted by Crippen LogP contribution is 1.90. The number of hydrogen-bond donors (Lipinski definition) is 1. The summed E-state index contributed by atoms with van der Waals surface area (Å²) in [6, 6.07) is 0. The van der Waals surface area contributed by atoms with Crippen LogP contribution in [0, 0.1) is 0 Å². The van der Waals surface area contributed by atoms with Crippen molar-refractivity contribution in [2.24, 2.45) is 5.73 Å². The van der Waals surface area contributed by atoms with E-state index in [9.17, 15) is 0 Å². The standard InChI is InChI=1S/C8H19NO2.C3H8.H2/c1-8(2)11-6-3-5-10-7-4-9;1-3-2;/h8H,3-7,9H2,1-2H3;3H2,1-2H3;1H. The van der Waals surface area contributed by atoms with Crippen LogP contribution in [0.15, 0.2) is 0 Å². The van der Waals surface area contributed by atoms with Gasteiger partial charge in [-0.05, 0) is 20.3 Å². The van der Waals surface area contributed by atoms with E-state index in [1.807, 2.05) is 13.8 Å². The molecule has 0 aliphatic heterocycles. The summed E-state index contributed by atoms with van der Waals surface area (Å²) in [5, 5.41) is 0. The minimum Gasteiger partial charge on any atom is -0.380 e. The fourth-order valence-electron chi connectivity index (χ4n) is 0.665. The predicted molar refractivity (Wildman–Crippen MR) is 63.7 cm³/mol. The minimum absolute atomic E-state index is 0. The zero-order valence-corrected chi connectivity index (χ0v) is 10.2. The third-order valence-corrected chi connectivity index (χ3v) is 1.15. The van der Waals surface area contributed by atoms with Crippen LogP contribution in [0.4, 0.5) is 0 Å². The van der Waals surface area contributed by atoms with Gasteiger partial charge in [0.2, 0.25) is 0 Å². The van der Waals surface area contributed by atoms with Gasteiger partial charge in [-0.2, -0.15) is 0 Å². The van der Waals surface area contributed by atoms with Gasteiger partial charge in [-0.3, -0.25) is 0 Å². The first-order chi connectivity index (χ1) is 6.68. The van der Waals surface area contributed by atoms with Crippen molar-refractivity contribution in [3.05, 3.63) is 0 Å². The van der Waals surface area contributed by atoms with E-state index in [0.29, 0.717) is 19.3 Å². The zero-order valence-electron chi connectivity index (χ0n) is 10.2. The topological polar surface area (TPSA) is 44.5 Å². The Morgan fingerprint density at radius 3 is 2.14 bits per heavy atom. The summed E-state index contributed by atoms with van der Waals surface area (Å²) >= 11 is 0. The van der Waals surface area contributed by atoms with E-state index in [4.69, 9.17) is 15.2 Å². The van der Waals surface area contributed by atoms with E-state index < -0.39 is 0 Å². The molecule has 14 heavy (non-hydrogen) atoms. The van der Waals surface area contributed by atoms with Gasteiger partial charge in [0, 0.05) is 21.2 Å². The number of nitrogens with two attached hydrogens (primary N) is 1. The molecule has 0 aliphatic carbocycles. The van der Waals surface area contributed by atoms with Gasteiger partial charge < -0.3 is 15.2 Å². The van der Waals surface area contributed by atoms with Crippen LogP contribution in [0.2, 0.25) is 0 Å². The number of rotatable bonds is 7. The molecule has 0 aliphatic rings. The van der Waals surface area contributed by atoms with Crippen LogP contribution in [0.3, 0.4) is 0 Å². The third-order valence-electron chi connectivity index (χ3n) is 1.15. The second kappa shape index (κ2) is 15.4. The largest absolute Gasteiger partial charge is 0.380 e. The molecule has 0 fully saturated rings. The first-order valence-corrected chi connectivity index (χ1v) is 5.58. The molecule has 0 saturated heterocycles. The summed E-state index contributed by atoms with van der Waals surface area (Å²) in [5.41, 5.74) is 5.24. The van der Waals surface area contributed by atoms with Gasteiger partial charge in [-0.25, -0.2) is 0 Å². The zero-order chi connectivity index (χ0) is 11.2. The summed E-state index contributed by atoms with van der Waals surface area (Å²) in [6.45, 7) is 11.1. The molecule has 0 amide bonds. The second-order valence-corrected chi connectivity index (χ2v) is 3.38. The summed E-state index contributed by atoms with van der Waals surface area (Å²) in [5.74, 6) is 0. The Hall–Kier alpha value is -0.120. The molecule has 0 saturated carbocycles. The quantitative estimate of drug-likeness (QED) is 0.652. The van der Waals surface area contributed by atoms with Crippen molar-refractivity contribution in [1.29, 1.82) is 0 Å². The van der Waals surface area contributed by atoms with Crippen LogP contribution in [-0.2, 0) is 9.47 Å². The Bertz CT molecular complexity index is 92.7. The maximum Gasteiger partial charge on any atom is 0.0588 e. The van der Waals surface area contributed by atoms with E-state index in [-0.39, 0.29) is 1.43 Å². The molecule has 0 atom stereocenters. The van der Waals surface area contributed by atoms with Gasteiger partial charge in [0.25, 0.3) is 0 Å². The maximum absolute atomic E-state index is 5.31. The Morgan fingerprint density at radius 2 is 1.71 bits per heavy atom. The van der Waals surface area contributed by atoms with Crippen molar-refractivity contribution in [3.8, 4) is 0 Å². The molecular formula is C11H29NO2. The summed E-state index contributed by atoms with van der Waals surface area (Å²) in [4.78, 5) is 0. The molecule has 3 heteroatoms. The van der Waals surface area contributed by atoms with Gasteiger partial charge in [0.05, 0.1) is 12.7 Å². The average Bonchev–Trinajstić information content (AvgIpc) is 2.12. The van der Waals surface area contributed by atoms with Crippen LogP contribution >= 0.6 is 0 Å². The molecule has 0 aromatic carbocycles. The third kappa shape index (κ3) is 22.6. The molecule has 2 N–H and O–H groups in total. The van der Waals surface area contributed by atoms with Gasteiger partial charge in [-0.15, -0.1) is 0 Å². The lowest BCUT2D eigenvalue weighted by Crippen LogP contribution is -2.11. The molecule has 0 bridgehead atoms. The Labute approximate surface area is 90.4 Å². The van der Waals surface area contributed by atoms with Crippen molar-refractivity contribution >= 4 is 0 Å². The molecule has 0 heterocycles. The summed E-state index contributed by atoms with van der Waals surface area (Å²) in [7, 11) is 0. The Balaban J connectivity index is -0.000000320. The lowest BCUT2D eigenvalue weighted by atomic mass is 10.4. The van der Waals surface area contributed by atoms with Gasteiger partial charge >= 0.3 is 0 Å². The molecule has 0 radical (unpaired) electrons. The normalized spacial score (nSPS) is 9.86. The van der Waals surface area contributed by atoms with E-state index in [0.717, 1.165) is 19.6 Å². The van der Waals surface area contributed by atoms with Crippen LogP contribution in [0.5, 0.6) is 0 Å². The lowest BCUT2D eigenvalue weighted by molar-refractivity contribution is 0.0529. The second-order valence-electron chi connectivity index (χ2n) is 3.38. The monoisotopic (exact) mass is 207 g/mol. The first kappa shape index (κ1) is 16.3. The molecule has 0 aromatic heterocycles. The SMILES string of the molecule is CC(C)OCCCOCCN.CCC.[HH]. The Kier molecular flexibility index (Phi) is 17.9. The number of hydrogen-bond acceptors (Lipinski definition) is 3. The number of ether oxygens (including phenoxy) is 2. The predicted octanol–water partition coefficient (Wildman–Crippen LogP) is 2.44. The lowest BCUT2D eigenvalue weighted by Gasteiger charge is -2.06. The fourth-order valence-corrected chi connectivity index (χ4v) is 0.665. The molecule has 0 rings (SSSR count). The van der Waals surface area contributed by atoms with Crippen molar-refractivity contribution in [1.82, 2.24) is 0 Å². The van der Waals surface area contributed by atoms with Crippen LogP contribution in [0.25, 0.3) is 0 Å². The molecule has 0 unspecified atom stereocenters. The fraction of sp³-hybridized carbons (Fsp3) is 1.00. The van der Waals surface area contributed by atoms with Crippen molar-refractivity contribution in [2.75, 3.05) is 26.4 Å². The van der Waals surface area contributed by atoms with Gasteiger partial charge in [-0.1, -0.05) is 20.3 Å². The highest BCUT2D eigenvalue weighted by atomic mass is 16.5. The Morgan fingerprint density at radius 1 is 1.14 bits per heavy atom. The average molecular weight is 207 g/mol. The highest BCUT2D eigenvalue weighted by molar-refractivity contribution is 4.39. The van der Waals surface area contributed by atoms with E-state index in [2.05, 4.69) is 13.8 Å². The molecular weight excluding hydrogens is 178 g/mol. The van der Waals surface area contributed by atoms with E-state index in [1.165, 1.54) is 6.42 Å². The first-order valence-electron chi connectivity index (χ1n) is 5.58. The highest BCUT2D eigenvalue weighted by Gasteiger charge is 1.92. The van der Waals surface area contributed by atoms with Crippen molar-refractivity contribution < 1.29 is 10.9 Å². The van der Waals surface area contributed by atoms with Crippen LogP contribution < -0.4 is 5.73 Å². The maximum atomic E-state index is 5.31. The molecule has 90 valence electrons. The van der Waals surface area contributed by atoms with Crippen LogP contribution in [-0.4, -0.2) is 32.5 Å². The van der Waals surface area contributed by atoms with Gasteiger partial charge in [0.1, 0.15) is 0 Å². The van der Waals surface area contributed by atoms with Crippen molar-refractivity contribution in [3.63, 3.8) is 0 Å². The smallest absolute Gasteiger partial charge is 0.0588 e. The van der Waals surface area contributed by atoms with Gasteiger partial charge in [0.15, 0.2) is 0 Å². The molecule has 3 nitrogen and oxygen atoms in total. The van der Waals surface area contributed by atoms with Crippen LogP contribution in [0.1, 0.15) is 42.0 Å². The molecule has 0 aromatic rings. The summed E-state index contributed by atoms with van der Waals surface area (Å²) < 4.78 is 10.5. The minimum atomic E-state index is 0. The van der Waals surface area contributed by atoms with E-state index in [1.54, 1.807) is 0 Å². The van der Waals surface area contributed by atoms with Crippen molar-refractivity contribution in [2.45, 2.75) is 46.6 Å². The summed E-state index contributed by atoms with van der Waals surface area (Å²) in [6.07, 6.45) is 2.53.